The van der Waals surface area contributed by atoms with Crippen LogP contribution in [-0.4, -0.2) is 20.6 Å². The summed E-state index contributed by atoms with van der Waals surface area (Å²) < 4.78 is 4.87. The van der Waals surface area contributed by atoms with Gasteiger partial charge in [0.2, 0.25) is 0 Å². The fraction of sp³-hybridized carbons (Fsp3) is 0.615. The summed E-state index contributed by atoms with van der Waals surface area (Å²) in [5, 5.41) is 3.12. The van der Waals surface area contributed by atoms with Crippen LogP contribution in [0.4, 0.5) is 0 Å². The van der Waals surface area contributed by atoms with E-state index in [4.69, 9.17) is 0 Å². The average molecular weight is 825 g/mol. The molecule has 6 heteroatoms. The van der Waals surface area contributed by atoms with Crippen LogP contribution in [0.5, 0.6) is 0 Å². The van der Waals surface area contributed by atoms with Crippen LogP contribution in [0.25, 0.3) is 43.6 Å². The second-order valence-electron chi connectivity index (χ2n) is 16.9. The van der Waals surface area contributed by atoms with Crippen LogP contribution in [0.3, 0.4) is 0 Å². The minimum Gasteiger partial charge on any atom is -0.339 e. The SMILES string of the molecule is CCCCCCCCSc1cccc2c(=O)c3cc4c(cc3n(CCCCCCCC)c12)c(=O)c1cccc(SCCCCCCCC)c1n4CCCCCCCC. The molecule has 0 atom stereocenters. The summed E-state index contributed by atoms with van der Waals surface area (Å²) in [6.07, 6.45) is 29.9. The lowest BCUT2D eigenvalue weighted by Crippen LogP contribution is -2.16. The van der Waals surface area contributed by atoms with Gasteiger partial charge in [-0.25, -0.2) is 0 Å². The lowest BCUT2D eigenvalue weighted by Gasteiger charge is -2.21. The summed E-state index contributed by atoms with van der Waals surface area (Å²) in [5.74, 6) is 2.11. The molecule has 4 nitrogen and oxygen atoms in total. The molecule has 2 aromatic heterocycles. The van der Waals surface area contributed by atoms with Crippen molar-refractivity contribution in [2.45, 2.75) is 205 Å². The van der Waals surface area contributed by atoms with Gasteiger partial charge in [0.25, 0.3) is 0 Å². The van der Waals surface area contributed by atoms with E-state index in [1.54, 1.807) is 0 Å². The van der Waals surface area contributed by atoms with Gasteiger partial charge in [-0.15, -0.1) is 23.5 Å². The minimum absolute atomic E-state index is 0.0949. The van der Waals surface area contributed by atoms with Crippen LogP contribution in [0.15, 0.2) is 67.9 Å². The van der Waals surface area contributed by atoms with Crippen molar-refractivity contribution < 1.29 is 0 Å². The zero-order chi connectivity index (χ0) is 41.0. The molecule has 0 aliphatic carbocycles. The van der Waals surface area contributed by atoms with Crippen molar-refractivity contribution in [3.8, 4) is 0 Å². The van der Waals surface area contributed by atoms with Crippen molar-refractivity contribution in [2.75, 3.05) is 11.5 Å². The Kier molecular flexibility index (Phi) is 20.6. The third-order valence-electron chi connectivity index (χ3n) is 12.2. The second-order valence-corrected chi connectivity index (χ2v) is 19.2. The Morgan fingerprint density at radius 1 is 0.397 bits per heavy atom. The smallest absolute Gasteiger partial charge is 0.197 e. The van der Waals surface area contributed by atoms with E-state index in [2.05, 4.69) is 85.4 Å². The highest BCUT2D eigenvalue weighted by atomic mass is 32.2. The molecule has 0 N–H and O–H groups in total. The molecule has 3 aromatic carbocycles. The van der Waals surface area contributed by atoms with E-state index in [0.29, 0.717) is 0 Å². The maximum Gasteiger partial charge on any atom is 0.197 e. The third-order valence-corrected chi connectivity index (χ3v) is 14.5. The first kappa shape index (κ1) is 46.4. The van der Waals surface area contributed by atoms with Gasteiger partial charge in [0.1, 0.15) is 0 Å². The average Bonchev–Trinajstić information content (AvgIpc) is 3.24. The monoisotopic (exact) mass is 825 g/mol. The normalized spacial score (nSPS) is 11.9. The van der Waals surface area contributed by atoms with Crippen molar-refractivity contribution in [2.24, 2.45) is 0 Å². The van der Waals surface area contributed by atoms with Crippen LogP contribution in [0, 0.1) is 0 Å². The van der Waals surface area contributed by atoms with Crippen molar-refractivity contribution in [3.05, 3.63) is 69.0 Å². The topological polar surface area (TPSA) is 44.0 Å². The minimum atomic E-state index is 0.0949. The molecule has 318 valence electrons. The quantitative estimate of drug-likeness (QED) is 0.0263. The van der Waals surface area contributed by atoms with Gasteiger partial charge in [0.05, 0.1) is 22.1 Å². The highest BCUT2D eigenvalue weighted by Crippen LogP contribution is 2.35. The Hall–Kier alpha value is -2.70. The second kappa shape index (κ2) is 25.8. The molecule has 0 saturated carbocycles. The lowest BCUT2D eigenvalue weighted by atomic mass is 10.0. The first-order valence-electron chi connectivity index (χ1n) is 23.9. The van der Waals surface area contributed by atoms with Crippen LogP contribution >= 0.6 is 23.5 Å². The largest absolute Gasteiger partial charge is 0.339 e. The van der Waals surface area contributed by atoms with Crippen LogP contribution < -0.4 is 10.9 Å². The first-order valence-corrected chi connectivity index (χ1v) is 25.9. The number of pyridine rings is 2. The maximum absolute atomic E-state index is 14.8. The Bertz CT molecular complexity index is 1960. The van der Waals surface area contributed by atoms with Gasteiger partial charge < -0.3 is 9.13 Å². The van der Waals surface area contributed by atoms with Crippen LogP contribution in [0.2, 0.25) is 0 Å². The van der Waals surface area contributed by atoms with E-state index < -0.39 is 0 Å². The fourth-order valence-electron chi connectivity index (χ4n) is 8.81. The summed E-state index contributed by atoms with van der Waals surface area (Å²) in [6.45, 7) is 10.8. The zero-order valence-corrected chi connectivity index (χ0v) is 38.6. The first-order chi connectivity index (χ1) is 28.5. The molecule has 2 heterocycles. The predicted octanol–water partition coefficient (Wildman–Crippen LogP) is 16.2. The van der Waals surface area contributed by atoms with Gasteiger partial charge >= 0.3 is 0 Å². The summed E-state index contributed by atoms with van der Waals surface area (Å²) in [6, 6.07) is 17.0. The van der Waals surface area contributed by atoms with Gasteiger partial charge in [-0.2, -0.15) is 0 Å². The molecule has 0 saturated heterocycles. The molecular formula is C52H76N2O2S2. The van der Waals surface area contributed by atoms with E-state index >= 15 is 0 Å². The molecule has 0 unspecified atom stereocenters. The molecule has 0 fully saturated rings. The molecule has 0 bridgehead atoms. The molecule has 0 aliphatic heterocycles. The van der Waals surface area contributed by atoms with Crippen LogP contribution in [0.1, 0.15) is 182 Å². The Morgan fingerprint density at radius 3 is 1.09 bits per heavy atom. The number of fused-ring (bicyclic) bond motifs is 4. The highest BCUT2D eigenvalue weighted by molar-refractivity contribution is 7.99. The number of rotatable bonds is 30. The maximum atomic E-state index is 14.8. The summed E-state index contributed by atoms with van der Waals surface area (Å²) in [7, 11) is 0. The number of nitrogens with zero attached hydrogens (tertiary/aromatic N) is 2. The molecule has 0 aliphatic rings. The Morgan fingerprint density at radius 2 is 0.724 bits per heavy atom. The van der Waals surface area contributed by atoms with E-state index in [-0.39, 0.29) is 10.9 Å². The molecule has 0 radical (unpaired) electrons. The van der Waals surface area contributed by atoms with Crippen LogP contribution in [-0.2, 0) is 13.1 Å². The van der Waals surface area contributed by atoms with Gasteiger partial charge in [0.15, 0.2) is 10.9 Å². The van der Waals surface area contributed by atoms with E-state index in [1.165, 1.54) is 151 Å². The lowest BCUT2D eigenvalue weighted by molar-refractivity contribution is 0.569. The highest BCUT2D eigenvalue weighted by Gasteiger charge is 2.20. The summed E-state index contributed by atoms with van der Waals surface area (Å²) >= 11 is 3.82. The number of aryl methyl sites for hydroxylation is 2. The number of thioether (sulfide) groups is 2. The predicted molar refractivity (Wildman–Crippen MR) is 260 cm³/mol. The summed E-state index contributed by atoms with van der Waals surface area (Å²) in [4.78, 5) is 32.0. The number of hydrogen-bond donors (Lipinski definition) is 0. The molecule has 0 amide bonds. The number of unbranched alkanes of at least 4 members (excludes halogenated alkanes) is 20. The Labute approximate surface area is 359 Å². The number of hydrogen-bond acceptors (Lipinski definition) is 4. The third kappa shape index (κ3) is 12.7. The van der Waals surface area contributed by atoms with Crippen molar-refractivity contribution in [1.29, 1.82) is 0 Å². The van der Waals surface area contributed by atoms with Gasteiger partial charge in [0, 0.05) is 44.4 Å². The molecule has 5 aromatic rings. The number of benzene rings is 3. The number of para-hydroxylation sites is 2. The van der Waals surface area contributed by atoms with Crippen molar-refractivity contribution >= 4 is 67.1 Å². The standard InChI is InChI=1S/C52H76N2O2S2/c1-5-9-13-17-21-25-35-53-45-39-44-46(40-43(45)51(55)41-31-29-33-47(49(41)53)57-37-27-23-19-15-11-7-3)54(36-26-22-18-14-10-6-2)50-42(52(44)56)32-30-34-48(50)58-38-28-24-20-16-12-8-4/h29-34,39-40H,5-28,35-38H2,1-4H3. The zero-order valence-electron chi connectivity index (χ0n) is 36.9. The molecule has 5 rings (SSSR count). The Balaban J connectivity index is 1.62. The van der Waals surface area contributed by atoms with E-state index in [1.807, 2.05) is 23.5 Å². The van der Waals surface area contributed by atoms with Gasteiger partial charge in [-0.3, -0.25) is 9.59 Å². The van der Waals surface area contributed by atoms with E-state index in [0.717, 1.165) is 81.0 Å². The van der Waals surface area contributed by atoms with Gasteiger partial charge in [-0.1, -0.05) is 168 Å². The van der Waals surface area contributed by atoms with E-state index in [9.17, 15) is 9.59 Å². The van der Waals surface area contributed by atoms with Crippen molar-refractivity contribution in [3.63, 3.8) is 0 Å². The molecule has 0 spiro atoms. The van der Waals surface area contributed by atoms with Gasteiger partial charge in [-0.05, 0) is 73.6 Å². The van der Waals surface area contributed by atoms with Crippen molar-refractivity contribution in [1.82, 2.24) is 9.13 Å². The number of aromatic nitrogens is 2. The fourth-order valence-corrected chi connectivity index (χ4v) is 11.0. The summed E-state index contributed by atoms with van der Waals surface area (Å²) in [5.41, 5.74) is 4.15. The molecular weight excluding hydrogens is 749 g/mol. The molecule has 58 heavy (non-hydrogen) atoms.